The highest BCUT2D eigenvalue weighted by atomic mass is 16.4. The number of rotatable bonds is 3. The summed E-state index contributed by atoms with van der Waals surface area (Å²) in [7, 11) is -1.57. The van der Waals surface area contributed by atoms with Crippen LogP contribution in [-0.4, -0.2) is 23.1 Å². The number of carbonyl (C=O) groups is 1. The largest absolute Gasteiger partial charge is 0.490 e. The van der Waals surface area contributed by atoms with E-state index in [0.717, 1.165) is 12.0 Å². The van der Waals surface area contributed by atoms with Crippen molar-refractivity contribution in [2.24, 2.45) is 11.8 Å². The highest BCUT2D eigenvalue weighted by Gasteiger charge is 2.39. The second-order valence-corrected chi connectivity index (χ2v) is 4.77. The minimum atomic E-state index is -1.57. The van der Waals surface area contributed by atoms with Gasteiger partial charge < -0.3 is 15.4 Å². The Bertz CT molecular complexity index is 447. The van der Waals surface area contributed by atoms with Crippen LogP contribution in [0.5, 0.6) is 0 Å². The van der Waals surface area contributed by atoms with Crippen molar-refractivity contribution in [3.8, 4) is 0 Å². The molecule has 0 bridgehead atoms. The molecule has 3 N–H and O–H groups in total. The molecule has 1 saturated carbocycles. The van der Waals surface area contributed by atoms with Gasteiger partial charge in [0, 0.05) is 17.1 Å². The van der Waals surface area contributed by atoms with Crippen molar-refractivity contribution in [1.82, 2.24) is 0 Å². The van der Waals surface area contributed by atoms with Gasteiger partial charge in [-0.3, -0.25) is 4.79 Å². The summed E-state index contributed by atoms with van der Waals surface area (Å²) >= 11 is 0. The molecule has 17 heavy (non-hydrogen) atoms. The van der Waals surface area contributed by atoms with E-state index >= 15 is 0 Å². The van der Waals surface area contributed by atoms with Gasteiger partial charge in [-0.15, -0.1) is 0 Å². The summed E-state index contributed by atoms with van der Waals surface area (Å²) in [6.07, 6.45) is 0.911. The van der Waals surface area contributed by atoms with Crippen molar-refractivity contribution >= 4 is 24.2 Å². The zero-order chi connectivity index (χ0) is 12.6. The van der Waals surface area contributed by atoms with Crippen LogP contribution < -0.4 is 10.8 Å². The monoisotopic (exact) mass is 233 g/mol. The Hall–Kier alpha value is -1.33. The van der Waals surface area contributed by atoms with E-state index in [1.807, 2.05) is 13.8 Å². The molecular weight excluding hydrogens is 217 g/mol. The second kappa shape index (κ2) is 4.51. The lowest BCUT2D eigenvalue weighted by molar-refractivity contribution is -0.117. The summed E-state index contributed by atoms with van der Waals surface area (Å²) in [4.78, 5) is 11.8. The molecule has 0 heterocycles. The maximum atomic E-state index is 11.8. The van der Waals surface area contributed by atoms with Gasteiger partial charge in [-0.05, 0) is 30.9 Å². The van der Waals surface area contributed by atoms with Gasteiger partial charge in [-0.2, -0.15) is 0 Å². The molecule has 1 aliphatic carbocycles. The molecule has 2 atom stereocenters. The molecule has 1 amide bonds. The van der Waals surface area contributed by atoms with Gasteiger partial charge in [0.1, 0.15) is 0 Å². The fourth-order valence-corrected chi connectivity index (χ4v) is 1.92. The number of benzene rings is 1. The maximum Gasteiger partial charge on any atom is 0.490 e. The minimum Gasteiger partial charge on any atom is -0.423 e. The predicted octanol–water partition coefficient (Wildman–Crippen LogP) is 0.269. The second-order valence-electron chi connectivity index (χ2n) is 4.77. The third-order valence-corrected chi connectivity index (χ3v) is 3.19. The summed E-state index contributed by atoms with van der Waals surface area (Å²) < 4.78 is 0. The van der Waals surface area contributed by atoms with Crippen LogP contribution >= 0.6 is 0 Å². The van der Waals surface area contributed by atoms with Crippen LogP contribution in [0.25, 0.3) is 0 Å². The molecule has 90 valence electrons. The number of aryl methyl sites for hydroxylation is 1. The lowest BCUT2D eigenvalue weighted by atomic mass is 9.78. The van der Waals surface area contributed by atoms with E-state index in [0.29, 0.717) is 17.1 Å². The molecule has 0 saturated heterocycles. The Morgan fingerprint density at radius 2 is 2.12 bits per heavy atom. The van der Waals surface area contributed by atoms with E-state index in [-0.39, 0.29) is 11.8 Å². The summed E-state index contributed by atoms with van der Waals surface area (Å²) in [6, 6.07) is 5.15. The van der Waals surface area contributed by atoms with Crippen molar-refractivity contribution in [1.29, 1.82) is 0 Å². The molecule has 0 aromatic heterocycles. The van der Waals surface area contributed by atoms with Gasteiger partial charge in [-0.25, -0.2) is 0 Å². The van der Waals surface area contributed by atoms with Crippen LogP contribution in [0.2, 0.25) is 0 Å². The van der Waals surface area contributed by atoms with Crippen LogP contribution in [-0.2, 0) is 4.79 Å². The SMILES string of the molecule is Cc1ccc(B(O)O)c(NC(=O)C2CC2C)c1. The van der Waals surface area contributed by atoms with E-state index in [4.69, 9.17) is 0 Å². The van der Waals surface area contributed by atoms with Gasteiger partial charge in [0.05, 0.1) is 0 Å². The first kappa shape index (κ1) is 12.1. The van der Waals surface area contributed by atoms with Gasteiger partial charge >= 0.3 is 7.12 Å². The Kier molecular flexibility index (Phi) is 3.22. The lowest BCUT2D eigenvalue weighted by Gasteiger charge is -2.11. The fraction of sp³-hybridized carbons (Fsp3) is 0.417. The number of hydrogen-bond donors (Lipinski definition) is 3. The smallest absolute Gasteiger partial charge is 0.423 e. The molecule has 1 aromatic rings. The van der Waals surface area contributed by atoms with Crippen molar-refractivity contribution < 1.29 is 14.8 Å². The molecule has 0 spiro atoms. The standard InChI is InChI=1S/C12H16BNO3/c1-7-3-4-10(13(16)17)11(5-7)14-12(15)9-6-8(9)2/h3-5,8-9,16-17H,6H2,1-2H3,(H,14,15). The zero-order valence-electron chi connectivity index (χ0n) is 9.97. The third-order valence-electron chi connectivity index (χ3n) is 3.19. The number of anilines is 1. The highest BCUT2D eigenvalue weighted by Crippen LogP contribution is 2.38. The van der Waals surface area contributed by atoms with Crippen molar-refractivity contribution in [3.05, 3.63) is 23.8 Å². The predicted molar refractivity (Wildman–Crippen MR) is 66.9 cm³/mol. The van der Waals surface area contributed by atoms with Crippen LogP contribution in [0, 0.1) is 18.8 Å². The third kappa shape index (κ3) is 2.68. The average molecular weight is 233 g/mol. The number of hydrogen-bond acceptors (Lipinski definition) is 3. The Labute approximate surface area is 101 Å². The number of nitrogens with one attached hydrogen (secondary N) is 1. The molecule has 2 rings (SSSR count). The minimum absolute atomic E-state index is 0.0370. The summed E-state index contributed by atoms with van der Waals surface area (Å²) in [5.74, 6) is 0.464. The first-order valence-corrected chi connectivity index (χ1v) is 5.76. The first-order chi connectivity index (χ1) is 7.99. The quantitative estimate of drug-likeness (QED) is 0.656. The van der Waals surface area contributed by atoms with Gasteiger partial charge in [0.25, 0.3) is 0 Å². The van der Waals surface area contributed by atoms with Crippen LogP contribution in [0.4, 0.5) is 5.69 Å². The molecular formula is C12H16BNO3. The van der Waals surface area contributed by atoms with Gasteiger partial charge in [0.15, 0.2) is 0 Å². The number of amides is 1. The van der Waals surface area contributed by atoms with Gasteiger partial charge in [-0.1, -0.05) is 19.1 Å². The average Bonchev–Trinajstić information content (AvgIpc) is 2.95. The van der Waals surface area contributed by atoms with E-state index in [2.05, 4.69) is 5.32 Å². The molecule has 1 fully saturated rings. The van der Waals surface area contributed by atoms with E-state index in [9.17, 15) is 14.8 Å². The van der Waals surface area contributed by atoms with Crippen molar-refractivity contribution in [2.75, 3.05) is 5.32 Å². The van der Waals surface area contributed by atoms with Crippen molar-refractivity contribution in [2.45, 2.75) is 20.3 Å². The normalized spacial score (nSPS) is 22.1. The Morgan fingerprint density at radius 1 is 1.47 bits per heavy atom. The Morgan fingerprint density at radius 3 is 2.65 bits per heavy atom. The Balaban J connectivity index is 2.18. The van der Waals surface area contributed by atoms with E-state index < -0.39 is 7.12 Å². The molecule has 0 radical (unpaired) electrons. The van der Waals surface area contributed by atoms with Gasteiger partial charge in [0.2, 0.25) is 5.91 Å². The number of carbonyl (C=O) groups excluding carboxylic acids is 1. The zero-order valence-corrected chi connectivity index (χ0v) is 9.97. The van der Waals surface area contributed by atoms with Crippen molar-refractivity contribution in [3.63, 3.8) is 0 Å². The summed E-state index contributed by atoms with van der Waals surface area (Å²) in [5.41, 5.74) is 1.79. The molecule has 4 nitrogen and oxygen atoms in total. The molecule has 0 aliphatic heterocycles. The fourth-order valence-electron chi connectivity index (χ4n) is 1.92. The van der Waals surface area contributed by atoms with E-state index in [1.54, 1.807) is 18.2 Å². The maximum absolute atomic E-state index is 11.8. The first-order valence-electron chi connectivity index (χ1n) is 5.76. The molecule has 2 unspecified atom stereocenters. The van der Waals surface area contributed by atoms with E-state index in [1.165, 1.54) is 0 Å². The lowest BCUT2D eigenvalue weighted by Crippen LogP contribution is -2.34. The highest BCUT2D eigenvalue weighted by molar-refractivity contribution is 6.60. The van der Waals surface area contributed by atoms with Crippen LogP contribution in [0.1, 0.15) is 18.9 Å². The molecule has 1 aliphatic rings. The summed E-state index contributed by atoms with van der Waals surface area (Å²) in [6.45, 7) is 3.92. The molecule has 5 heteroatoms. The topological polar surface area (TPSA) is 69.6 Å². The van der Waals surface area contributed by atoms with Crippen LogP contribution in [0.15, 0.2) is 18.2 Å². The summed E-state index contributed by atoms with van der Waals surface area (Å²) in [5, 5.41) is 21.2. The molecule has 1 aromatic carbocycles. The van der Waals surface area contributed by atoms with Crippen LogP contribution in [0.3, 0.4) is 0 Å².